The van der Waals surface area contributed by atoms with E-state index in [0.29, 0.717) is 5.75 Å². The Labute approximate surface area is 104 Å². The summed E-state index contributed by atoms with van der Waals surface area (Å²) in [4.78, 5) is 0. The minimum absolute atomic E-state index is 0.376. The molecule has 2 rings (SSSR count). The van der Waals surface area contributed by atoms with Crippen molar-refractivity contribution in [1.82, 2.24) is 0 Å². The molecule has 0 saturated carbocycles. The zero-order valence-electron chi connectivity index (χ0n) is 11.0. The molecular weight excluding hydrogens is 208 g/mol. The standard InChI is InChI=1S/C8H10O.C8H10/c1-6-3-4-8(9)7(2)5-6;1-7-5-3-4-6-8(7)2/h3-5,9H,1-2H3;3-6H,1-2H3. The Balaban J connectivity index is 0.000000171. The molecule has 0 bridgehead atoms. The van der Waals surface area contributed by atoms with E-state index in [-0.39, 0.29) is 0 Å². The van der Waals surface area contributed by atoms with Gasteiger partial charge in [0.05, 0.1) is 0 Å². The lowest BCUT2D eigenvalue weighted by atomic mass is 10.1. The lowest BCUT2D eigenvalue weighted by Gasteiger charge is -1.97. The number of aryl methyl sites for hydroxylation is 4. The zero-order valence-corrected chi connectivity index (χ0v) is 11.0. The van der Waals surface area contributed by atoms with Gasteiger partial charge in [0.2, 0.25) is 0 Å². The Morgan fingerprint density at radius 2 is 1.24 bits per heavy atom. The Kier molecular flexibility index (Phi) is 4.77. The van der Waals surface area contributed by atoms with E-state index in [1.54, 1.807) is 6.07 Å². The van der Waals surface area contributed by atoms with Gasteiger partial charge in [0, 0.05) is 0 Å². The normalized spacial score (nSPS) is 9.41. The van der Waals surface area contributed by atoms with Gasteiger partial charge in [-0.05, 0) is 50.5 Å². The number of phenols is 1. The van der Waals surface area contributed by atoms with Crippen LogP contribution < -0.4 is 0 Å². The molecule has 1 heteroatoms. The first kappa shape index (κ1) is 13.3. The van der Waals surface area contributed by atoms with Crippen LogP contribution in [0.25, 0.3) is 0 Å². The number of phenolic OH excluding ortho intramolecular Hbond substituents is 1. The summed E-state index contributed by atoms with van der Waals surface area (Å²) in [5.41, 5.74) is 4.86. The van der Waals surface area contributed by atoms with Gasteiger partial charge in [0.15, 0.2) is 0 Å². The van der Waals surface area contributed by atoms with Gasteiger partial charge in [0.25, 0.3) is 0 Å². The molecule has 0 heterocycles. The summed E-state index contributed by atoms with van der Waals surface area (Å²) in [6.45, 7) is 8.14. The molecule has 0 aliphatic rings. The monoisotopic (exact) mass is 228 g/mol. The Hall–Kier alpha value is -1.76. The van der Waals surface area contributed by atoms with E-state index < -0.39 is 0 Å². The second-order valence-electron chi connectivity index (χ2n) is 4.37. The number of aromatic hydroxyl groups is 1. The molecule has 2 aromatic rings. The molecule has 0 aromatic heterocycles. The predicted octanol–water partition coefficient (Wildman–Crippen LogP) is 4.31. The van der Waals surface area contributed by atoms with E-state index in [9.17, 15) is 0 Å². The number of hydrogen-bond donors (Lipinski definition) is 1. The second-order valence-corrected chi connectivity index (χ2v) is 4.37. The quantitative estimate of drug-likeness (QED) is 0.712. The van der Waals surface area contributed by atoms with Crippen LogP contribution >= 0.6 is 0 Å². The number of hydrogen-bond acceptors (Lipinski definition) is 1. The van der Waals surface area contributed by atoms with Crippen molar-refractivity contribution >= 4 is 0 Å². The largest absolute Gasteiger partial charge is 0.508 e. The summed E-state index contributed by atoms with van der Waals surface area (Å²) < 4.78 is 0. The third-order valence-electron chi connectivity index (χ3n) is 2.78. The van der Waals surface area contributed by atoms with E-state index in [1.165, 1.54) is 16.7 Å². The predicted molar refractivity (Wildman–Crippen MR) is 73.5 cm³/mol. The van der Waals surface area contributed by atoms with Crippen LogP contribution in [0.5, 0.6) is 5.75 Å². The lowest BCUT2D eigenvalue weighted by molar-refractivity contribution is 0.471. The molecule has 0 saturated heterocycles. The third-order valence-corrected chi connectivity index (χ3v) is 2.78. The van der Waals surface area contributed by atoms with E-state index in [0.717, 1.165) is 5.56 Å². The molecule has 0 atom stereocenters. The average molecular weight is 228 g/mol. The first-order valence-electron chi connectivity index (χ1n) is 5.79. The van der Waals surface area contributed by atoms with Gasteiger partial charge >= 0.3 is 0 Å². The molecule has 2 aromatic carbocycles. The van der Waals surface area contributed by atoms with Crippen LogP contribution in [0.3, 0.4) is 0 Å². The van der Waals surface area contributed by atoms with E-state index >= 15 is 0 Å². The van der Waals surface area contributed by atoms with Crippen molar-refractivity contribution in [1.29, 1.82) is 0 Å². The molecule has 0 aliphatic heterocycles. The highest BCUT2D eigenvalue weighted by molar-refractivity contribution is 5.34. The fourth-order valence-electron chi connectivity index (χ4n) is 1.47. The van der Waals surface area contributed by atoms with Crippen LogP contribution in [-0.2, 0) is 0 Å². The van der Waals surface area contributed by atoms with Gasteiger partial charge in [-0.25, -0.2) is 0 Å². The summed E-state index contributed by atoms with van der Waals surface area (Å²) in [6.07, 6.45) is 0. The molecule has 0 unspecified atom stereocenters. The van der Waals surface area contributed by atoms with Crippen molar-refractivity contribution in [3.63, 3.8) is 0 Å². The SMILES string of the molecule is Cc1ccc(O)c(C)c1.Cc1ccccc1C. The van der Waals surface area contributed by atoms with Crippen LogP contribution in [0.4, 0.5) is 0 Å². The van der Waals surface area contributed by atoms with Gasteiger partial charge in [-0.1, -0.05) is 42.0 Å². The highest BCUT2D eigenvalue weighted by atomic mass is 16.3. The molecule has 17 heavy (non-hydrogen) atoms. The van der Waals surface area contributed by atoms with E-state index in [2.05, 4.69) is 38.1 Å². The summed E-state index contributed by atoms with van der Waals surface area (Å²) in [6, 6.07) is 13.9. The summed E-state index contributed by atoms with van der Waals surface area (Å²) in [5.74, 6) is 0.376. The van der Waals surface area contributed by atoms with Crippen LogP contribution in [0.15, 0.2) is 42.5 Å². The van der Waals surface area contributed by atoms with E-state index in [1.807, 2.05) is 26.0 Å². The Morgan fingerprint density at radius 3 is 1.59 bits per heavy atom. The molecule has 1 nitrogen and oxygen atoms in total. The van der Waals surface area contributed by atoms with Gasteiger partial charge in [-0.15, -0.1) is 0 Å². The molecule has 0 aliphatic carbocycles. The van der Waals surface area contributed by atoms with Crippen LogP contribution in [0, 0.1) is 27.7 Å². The van der Waals surface area contributed by atoms with Crippen molar-refractivity contribution in [3.05, 3.63) is 64.7 Å². The topological polar surface area (TPSA) is 20.2 Å². The van der Waals surface area contributed by atoms with Crippen LogP contribution in [0.2, 0.25) is 0 Å². The average Bonchev–Trinajstić information content (AvgIpc) is 2.29. The third kappa shape index (κ3) is 4.31. The first-order valence-corrected chi connectivity index (χ1v) is 5.79. The van der Waals surface area contributed by atoms with Crippen molar-refractivity contribution in [2.45, 2.75) is 27.7 Å². The fraction of sp³-hybridized carbons (Fsp3) is 0.250. The molecule has 0 fully saturated rings. The van der Waals surface area contributed by atoms with Gasteiger partial charge in [-0.2, -0.15) is 0 Å². The van der Waals surface area contributed by atoms with Gasteiger partial charge in [0.1, 0.15) is 5.75 Å². The van der Waals surface area contributed by atoms with Crippen molar-refractivity contribution in [3.8, 4) is 5.75 Å². The zero-order chi connectivity index (χ0) is 12.8. The molecule has 0 amide bonds. The maximum absolute atomic E-state index is 9.04. The van der Waals surface area contributed by atoms with Gasteiger partial charge < -0.3 is 5.11 Å². The number of benzene rings is 2. The summed E-state index contributed by atoms with van der Waals surface area (Å²) in [5, 5.41) is 9.04. The maximum atomic E-state index is 9.04. The fourth-order valence-corrected chi connectivity index (χ4v) is 1.47. The van der Waals surface area contributed by atoms with Crippen molar-refractivity contribution < 1.29 is 5.11 Å². The van der Waals surface area contributed by atoms with Gasteiger partial charge in [-0.3, -0.25) is 0 Å². The van der Waals surface area contributed by atoms with Crippen LogP contribution in [-0.4, -0.2) is 5.11 Å². The van der Waals surface area contributed by atoms with Crippen molar-refractivity contribution in [2.24, 2.45) is 0 Å². The minimum atomic E-state index is 0.376. The van der Waals surface area contributed by atoms with Crippen LogP contribution in [0.1, 0.15) is 22.3 Å². The van der Waals surface area contributed by atoms with Crippen molar-refractivity contribution in [2.75, 3.05) is 0 Å². The lowest BCUT2D eigenvalue weighted by Crippen LogP contribution is -1.75. The molecular formula is C16H20O. The minimum Gasteiger partial charge on any atom is -0.508 e. The Bertz CT molecular complexity index is 466. The first-order chi connectivity index (χ1) is 8.00. The highest BCUT2D eigenvalue weighted by Gasteiger charge is 1.91. The highest BCUT2D eigenvalue weighted by Crippen LogP contribution is 2.15. The molecule has 90 valence electrons. The van der Waals surface area contributed by atoms with E-state index in [4.69, 9.17) is 5.11 Å². The maximum Gasteiger partial charge on any atom is 0.118 e. The smallest absolute Gasteiger partial charge is 0.118 e. The summed E-state index contributed by atoms with van der Waals surface area (Å²) in [7, 11) is 0. The molecule has 0 spiro atoms. The molecule has 0 radical (unpaired) electrons. The second kappa shape index (κ2) is 6.09. The number of rotatable bonds is 0. The summed E-state index contributed by atoms with van der Waals surface area (Å²) >= 11 is 0. The molecule has 1 N–H and O–H groups in total. The Morgan fingerprint density at radius 1 is 0.706 bits per heavy atom.